The van der Waals surface area contributed by atoms with Crippen molar-refractivity contribution in [2.45, 2.75) is 13.0 Å². The van der Waals surface area contributed by atoms with Gasteiger partial charge in [0.05, 0.1) is 16.8 Å². The summed E-state index contributed by atoms with van der Waals surface area (Å²) in [5.74, 6) is -0.172. The van der Waals surface area contributed by atoms with E-state index in [1.165, 1.54) is 27.7 Å². The number of benzene rings is 2. The van der Waals surface area contributed by atoms with Crippen molar-refractivity contribution in [1.29, 1.82) is 0 Å². The van der Waals surface area contributed by atoms with Gasteiger partial charge in [0, 0.05) is 42.9 Å². The molecule has 1 aliphatic heterocycles. The Morgan fingerprint density at radius 1 is 1.19 bits per heavy atom. The summed E-state index contributed by atoms with van der Waals surface area (Å²) in [6, 6.07) is 11.5. The van der Waals surface area contributed by atoms with E-state index in [9.17, 15) is 4.39 Å². The van der Waals surface area contributed by atoms with Crippen molar-refractivity contribution in [3.8, 4) is 0 Å². The van der Waals surface area contributed by atoms with Crippen molar-refractivity contribution in [1.82, 2.24) is 9.97 Å². The van der Waals surface area contributed by atoms with E-state index in [4.69, 9.17) is 0 Å². The highest BCUT2D eigenvalue weighted by Gasteiger charge is 2.21. The SMILES string of the molecule is CN(C)c1nc2ccc(N3CCc4c([nH]c5ccc(F)cc45)C3)cc2s1. The summed E-state index contributed by atoms with van der Waals surface area (Å²) >= 11 is 1.71. The fourth-order valence-corrected chi connectivity index (χ4v) is 4.64. The lowest BCUT2D eigenvalue weighted by Crippen LogP contribution is -2.30. The van der Waals surface area contributed by atoms with Crippen molar-refractivity contribution in [3.05, 3.63) is 53.5 Å². The van der Waals surface area contributed by atoms with Crippen molar-refractivity contribution < 1.29 is 4.39 Å². The summed E-state index contributed by atoms with van der Waals surface area (Å²) in [6.45, 7) is 1.75. The van der Waals surface area contributed by atoms with Crippen molar-refractivity contribution >= 4 is 43.3 Å². The van der Waals surface area contributed by atoms with Gasteiger partial charge in [0.1, 0.15) is 5.82 Å². The standard InChI is InChI=1S/C20H19FN4S/c1-24(2)20-23-17-6-4-13(10-19(17)26-20)25-8-7-14-15-9-12(21)3-5-16(15)22-18(14)11-25/h3-6,9-10,22H,7-8,11H2,1-2H3. The first kappa shape index (κ1) is 15.6. The number of hydrogen-bond donors (Lipinski definition) is 1. The average Bonchev–Trinajstić information content (AvgIpc) is 3.21. The molecule has 0 fully saturated rings. The number of anilines is 2. The molecule has 2 aromatic carbocycles. The van der Waals surface area contributed by atoms with Gasteiger partial charge in [0.2, 0.25) is 0 Å². The second-order valence-electron chi connectivity index (χ2n) is 6.99. The van der Waals surface area contributed by atoms with Crippen LogP contribution in [0.2, 0.25) is 0 Å². The lowest BCUT2D eigenvalue weighted by Gasteiger charge is -2.29. The predicted octanol–water partition coefficient (Wildman–Crippen LogP) is 4.55. The second-order valence-corrected chi connectivity index (χ2v) is 8.00. The second kappa shape index (κ2) is 5.71. The van der Waals surface area contributed by atoms with E-state index in [0.717, 1.165) is 41.1 Å². The van der Waals surface area contributed by atoms with Crippen LogP contribution in [0.3, 0.4) is 0 Å². The fourth-order valence-electron chi connectivity index (χ4n) is 3.72. The van der Waals surface area contributed by atoms with E-state index in [0.29, 0.717) is 0 Å². The van der Waals surface area contributed by atoms with Crippen LogP contribution in [0.25, 0.3) is 21.1 Å². The molecule has 0 saturated carbocycles. The molecule has 0 aliphatic carbocycles. The Labute approximate surface area is 154 Å². The number of halogens is 1. The third-order valence-electron chi connectivity index (χ3n) is 5.05. The van der Waals surface area contributed by atoms with Gasteiger partial charge in [-0.25, -0.2) is 9.37 Å². The molecule has 26 heavy (non-hydrogen) atoms. The van der Waals surface area contributed by atoms with Crippen LogP contribution in [-0.4, -0.2) is 30.6 Å². The number of aromatic amines is 1. The molecule has 1 aliphatic rings. The van der Waals surface area contributed by atoms with Crippen LogP contribution < -0.4 is 9.80 Å². The number of fused-ring (bicyclic) bond motifs is 4. The van der Waals surface area contributed by atoms with Crippen LogP contribution in [0.15, 0.2) is 36.4 Å². The van der Waals surface area contributed by atoms with Crippen LogP contribution in [0.1, 0.15) is 11.3 Å². The zero-order valence-corrected chi connectivity index (χ0v) is 15.5. The van der Waals surface area contributed by atoms with Gasteiger partial charge < -0.3 is 14.8 Å². The smallest absolute Gasteiger partial charge is 0.185 e. The van der Waals surface area contributed by atoms with Gasteiger partial charge in [-0.1, -0.05) is 11.3 Å². The van der Waals surface area contributed by atoms with Gasteiger partial charge in [-0.3, -0.25) is 0 Å². The largest absolute Gasteiger partial charge is 0.365 e. The van der Waals surface area contributed by atoms with Gasteiger partial charge in [-0.15, -0.1) is 0 Å². The van der Waals surface area contributed by atoms with E-state index >= 15 is 0 Å². The highest BCUT2D eigenvalue weighted by Crippen LogP contribution is 2.34. The minimum absolute atomic E-state index is 0.172. The third kappa shape index (κ3) is 2.44. The van der Waals surface area contributed by atoms with Crippen molar-refractivity contribution in [3.63, 3.8) is 0 Å². The number of nitrogens with one attached hydrogen (secondary N) is 1. The summed E-state index contributed by atoms with van der Waals surface area (Å²) < 4.78 is 14.8. The van der Waals surface area contributed by atoms with Crippen molar-refractivity contribution in [2.75, 3.05) is 30.4 Å². The summed E-state index contributed by atoms with van der Waals surface area (Å²) in [5, 5.41) is 2.05. The molecule has 1 N–H and O–H groups in total. The fraction of sp³-hybridized carbons (Fsp3) is 0.250. The summed E-state index contributed by atoms with van der Waals surface area (Å²) in [6.07, 6.45) is 0.919. The molecule has 0 amide bonds. The number of nitrogens with zero attached hydrogens (tertiary/aromatic N) is 3. The van der Waals surface area contributed by atoms with Gasteiger partial charge in [0.25, 0.3) is 0 Å². The molecular formula is C20H19FN4S. The lowest BCUT2D eigenvalue weighted by atomic mass is 10.0. The molecule has 5 rings (SSSR count). The highest BCUT2D eigenvalue weighted by molar-refractivity contribution is 7.22. The van der Waals surface area contributed by atoms with E-state index in [1.54, 1.807) is 17.4 Å². The summed E-state index contributed by atoms with van der Waals surface area (Å²) in [4.78, 5) is 12.6. The molecule has 0 saturated heterocycles. The first-order valence-corrected chi connectivity index (χ1v) is 9.52. The van der Waals surface area contributed by atoms with Crippen LogP contribution in [0.5, 0.6) is 0 Å². The number of rotatable bonds is 2. The number of hydrogen-bond acceptors (Lipinski definition) is 4. The first-order valence-electron chi connectivity index (χ1n) is 8.70. The topological polar surface area (TPSA) is 35.2 Å². The molecule has 0 bridgehead atoms. The molecule has 0 atom stereocenters. The Hall–Kier alpha value is -2.60. The molecule has 4 nitrogen and oxygen atoms in total. The zero-order chi connectivity index (χ0) is 17.8. The van der Waals surface area contributed by atoms with Gasteiger partial charge in [0.15, 0.2) is 5.13 Å². The van der Waals surface area contributed by atoms with Gasteiger partial charge in [-0.05, 0) is 48.4 Å². The average molecular weight is 366 g/mol. The third-order valence-corrected chi connectivity index (χ3v) is 6.23. The molecular weight excluding hydrogens is 347 g/mol. The normalized spacial score (nSPS) is 14.2. The van der Waals surface area contributed by atoms with E-state index in [1.807, 2.05) is 25.1 Å². The Morgan fingerprint density at radius 2 is 2.08 bits per heavy atom. The zero-order valence-electron chi connectivity index (χ0n) is 14.7. The molecule has 6 heteroatoms. The summed E-state index contributed by atoms with van der Waals surface area (Å²) in [7, 11) is 4.03. The Morgan fingerprint density at radius 3 is 2.92 bits per heavy atom. The van der Waals surface area contributed by atoms with E-state index < -0.39 is 0 Å². The molecule has 0 unspecified atom stereocenters. The maximum absolute atomic E-state index is 13.6. The number of H-pyrrole nitrogens is 1. The van der Waals surface area contributed by atoms with Crippen LogP contribution in [0, 0.1) is 5.82 Å². The monoisotopic (exact) mass is 366 g/mol. The van der Waals surface area contributed by atoms with Crippen LogP contribution in [0.4, 0.5) is 15.2 Å². The molecule has 2 aromatic heterocycles. The predicted molar refractivity (Wildman–Crippen MR) is 107 cm³/mol. The Bertz CT molecular complexity index is 1130. The maximum atomic E-state index is 13.6. The molecule has 0 spiro atoms. The molecule has 4 aromatic rings. The van der Waals surface area contributed by atoms with Crippen LogP contribution in [-0.2, 0) is 13.0 Å². The Kier molecular flexibility index (Phi) is 3.43. The molecule has 132 valence electrons. The highest BCUT2D eigenvalue weighted by atomic mass is 32.1. The number of thiazole rings is 1. The molecule has 0 radical (unpaired) electrons. The van der Waals surface area contributed by atoms with Gasteiger partial charge in [-0.2, -0.15) is 0 Å². The minimum Gasteiger partial charge on any atom is -0.365 e. The van der Waals surface area contributed by atoms with Crippen LogP contribution >= 0.6 is 11.3 Å². The number of aromatic nitrogens is 2. The molecule has 3 heterocycles. The van der Waals surface area contributed by atoms with Gasteiger partial charge >= 0.3 is 0 Å². The maximum Gasteiger partial charge on any atom is 0.185 e. The lowest BCUT2D eigenvalue weighted by molar-refractivity contribution is 0.629. The van der Waals surface area contributed by atoms with E-state index in [2.05, 4.69) is 33.1 Å². The van der Waals surface area contributed by atoms with E-state index in [-0.39, 0.29) is 5.82 Å². The minimum atomic E-state index is -0.172. The first-order chi connectivity index (χ1) is 12.6. The quantitative estimate of drug-likeness (QED) is 0.565. The van der Waals surface area contributed by atoms with Crippen molar-refractivity contribution in [2.24, 2.45) is 0 Å². The Balaban J connectivity index is 1.50. The summed E-state index contributed by atoms with van der Waals surface area (Å²) in [5.41, 5.74) is 5.72.